The van der Waals surface area contributed by atoms with Gasteiger partial charge in [-0.05, 0) is 17.7 Å². The molecule has 23 heavy (non-hydrogen) atoms. The van der Waals surface area contributed by atoms with Gasteiger partial charge < -0.3 is 5.32 Å². The van der Waals surface area contributed by atoms with Crippen molar-refractivity contribution in [1.82, 2.24) is 19.5 Å². The molecular formula is C18H15N5. The summed E-state index contributed by atoms with van der Waals surface area (Å²) in [7, 11) is 0. The van der Waals surface area contributed by atoms with Gasteiger partial charge in [0, 0.05) is 6.54 Å². The van der Waals surface area contributed by atoms with Crippen LogP contribution in [0.1, 0.15) is 5.56 Å². The number of rotatable bonds is 4. The van der Waals surface area contributed by atoms with Gasteiger partial charge in [0.2, 0.25) is 0 Å². The quantitative estimate of drug-likeness (QED) is 0.627. The lowest BCUT2D eigenvalue weighted by atomic mass is 10.2. The van der Waals surface area contributed by atoms with Gasteiger partial charge in [0.15, 0.2) is 5.82 Å². The highest BCUT2D eigenvalue weighted by Gasteiger charge is 2.06. The second-order valence-corrected chi connectivity index (χ2v) is 5.20. The van der Waals surface area contributed by atoms with Crippen molar-refractivity contribution in [3.8, 4) is 5.82 Å². The van der Waals surface area contributed by atoms with E-state index in [1.165, 1.54) is 5.56 Å². The van der Waals surface area contributed by atoms with E-state index in [0.717, 1.165) is 22.7 Å². The van der Waals surface area contributed by atoms with Gasteiger partial charge in [0.25, 0.3) is 0 Å². The average molecular weight is 301 g/mol. The van der Waals surface area contributed by atoms with Gasteiger partial charge in [-0.3, -0.25) is 9.55 Å². The van der Waals surface area contributed by atoms with Crippen molar-refractivity contribution in [3.63, 3.8) is 0 Å². The Labute approximate surface area is 133 Å². The maximum Gasteiger partial charge on any atom is 0.159 e. The van der Waals surface area contributed by atoms with Crippen LogP contribution in [0, 0.1) is 0 Å². The lowest BCUT2D eigenvalue weighted by molar-refractivity contribution is 0.983. The van der Waals surface area contributed by atoms with Crippen LogP contribution in [0.5, 0.6) is 0 Å². The number of nitrogens with one attached hydrogen (secondary N) is 1. The lowest BCUT2D eigenvalue weighted by Crippen LogP contribution is -2.04. The molecule has 0 unspecified atom stereocenters. The molecule has 112 valence electrons. The minimum Gasteiger partial charge on any atom is -0.365 e. The van der Waals surface area contributed by atoms with Crippen LogP contribution >= 0.6 is 0 Å². The van der Waals surface area contributed by atoms with Gasteiger partial charge in [0.05, 0.1) is 23.4 Å². The number of aromatic nitrogens is 4. The Balaban J connectivity index is 1.61. The van der Waals surface area contributed by atoms with E-state index < -0.39 is 0 Å². The van der Waals surface area contributed by atoms with Crippen LogP contribution in [0.4, 0.5) is 5.82 Å². The number of imidazole rings is 1. The number of benzene rings is 2. The Hall–Kier alpha value is -3.21. The lowest BCUT2D eigenvalue weighted by Gasteiger charge is -2.08. The SMILES string of the molecule is c1ccc(CNc2cncc(-n3cnc4ccccc43)n2)cc1. The summed E-state index contributed by atoms with van der Waals surface area (Å²) in [5.41, 5.74) is 3.16. The molecule has 0 fully saturated rings. The fourth-order valence-corrected chi connectivity index (χ4v) is 2.49. The molecular weight excluding hydrogens is 286 g/mol. The number of para-hydroxylation sites is 2. The van der Waals surface area contributed by atoms with Gasteiger partial charge in [0.1, 0.15) is 12.1 Å². The van der Waals surface area contributed by atoms with Crippen molar-refractivity contribution in [2.45, 2.75) is 6.54 Å². The molecule has 0 spiro atoms. The minimum absolute atomic E-state index is 0.712. The summed E-state index contributed by atoms with van der Waals surface area (Å²) in [6, 6.07) is 18.2. The molecule has 0 radical (unpaired) electrons. The van der Waals surface area contributed by atoms with Crippen LogP contribution in [0.25, 0.3) is 16.9 Å². The zero-order valence-electron chi connectivity index (χ0n) is 12.4. The first-order valence-electron chi connectivity index (χ1n) is 7.42. The first-order valence-corrected chi connectivity index (χ1v) is 7.42. The Bertz CT molecular complexity index is 930. The van der Waals surface area contributed by atoms with E-state index in [1.807, 2.05) is 47.0 Å². The van der Waals surface area contributed by atoms with Crippen LogP contribution in [0.3, 0.4) is 0 Å². The van der Waals surface area contributed by atoms with Crippen molar-refractivity contribution in [2.75, 3.05) is 5.32 Å². The molecule has 2 aromatic carbocycles. The van der Waals surface area contributed by atoms with Gasteiger partial charge in [-0.2, -0.15) is 0 Å². The standard InChI is InChI=1S/C18H15N5/c1-2-6-14(7-3-1)10-20-17-11-19-12-18(22-17)23-13-21-15-8-4-5-9-16(15)23/h1-9,11-13H,10H2,(H,20,22). The summed E-state index contributed by atoms with van der Waals surface area (Å²) in [4.78, 5) is 13.3. The molecule has 1 N–H and O–H groups in total. The van der Waals surface area contributed by atoms with E-state index in [2.05, 4.69) is 32.4 Å². The molecule has 0 saturated heterocycles. The predicted molar refractivity (Wildman–Crippen MR) is 90.4 cm³/mol. The van der Waals surface area contributed by atoms with Crippen molar-refractivity contribution in [1.29, 1.82) is 0 Å². The summed E-state index contributed by atoms with van der Waals surface area (Å²) < 4.78 is 1.94. The maximum atomic E-state index is 4.63. The van der Waals surface area contributed by atoms with Crippen molar-refractivity contribution < 1.29 is 0 Å². The Morgan fingerprint density at radius 1 is 0.913 bits per heavy atom. The normalized spacial score (nSPS) is 10.8. The molecule has 0 bridgehead atoms. The third-order valence-electron chi connectivity index (χ3n) is 3.64. The van der Waals surface area contributed by atoms with Crippen molar-refractivity contribution in [3.05, 3.63) is 78.9 Å². The number of hydrogen-bond donors (Lipinski definition) is 1. The summed E-state index contributed by atoms with van der Waals surface area (Å²) >= 11 is 0. The van der Waals surface area contributed by atoms with E-state index in [4.69, 9.17) is 0 Å². The second kappa shape index (κ2) is 5.88. The summed E-state index contributed by atoms with van der Waals surface area (Å²) in [6.45, 7) is 0.712. The number of nitrogens with zero attached hydrogens (tertiary/aromatic N) is 4. The predicted octanol–water partition coefficient (Wildman–Crippen LogP) is 3.43. The molecule has 5 heteroatoms. The first kappa shape index (κ1) is 13.5. The molecule has 0 amide bonds. The molecule has 5 nitrogen and oxygen atoms in total. The largest absolute Gasteiger partial charge is 0.365 e. The minimum atomic E-state index is 0.712. The van der Waals surface area contributed by atoms with Crippen molar-refractivity contribution >= 4 is 16.9 Å². The molecule has 0 saturated carbocycles. The van der Waals surface area contributed by atoms with Crippen LogP contribution in [-0.4, -0.2) is 19.5 Å². The van der Waals surface area contributed by atoms with E-state index in [9.17, 15) is 0 Å². The first-order chi connectivity index (χ1) is 11.4. The van der Waals surface area contributed by atoms with E-state index in [1.54, 1.807) is 18.7 Å². The van der Waals surface area contributed by atoms with Gasteiger partial charge >= 0.3 is 0 Å². The molecule has 2 aromatic heterocycles. The monoisotopic (exact) mass is 301 g/mol. The Morgan fingerprint density at radius 2 is 1.74 bits per heavy atom. The molecule has 4 rings (SSSR count). The molecule has 0 aliphatic rings. The third-order valence-corrected chi connectivity index (χ3v) is 3.64. The van der Waals surface area contributed by atoms with Gasteiger partial charge in [-0.25, -0.2) is 9.97 Å². The van der Waals surface area contributed by atoms with Crippen LogP contribution in [0.2, 0.25) is 0 Å². The summed E-state index contributed by atoms with van der Waals surface area (Å²) in [5, 5.41) is 3.30. The highest BCUT2D eigenvalue weighted by molar-refractivity contribution is 5.76. The molecule has 0 aliphatic carbocycles. The molecule has 2 heterocycles. The molecule has 0 aliphatic heterocycles. The van der Waals surface area contributed by atoms with Crippen LogP contribution in [0.15, 0.2) is 73.3 Å². The molecule has 0 atom stereocenters. The van der Waals surface area contributed by atoms with Gasteiger partial charge in [-0.1, -0.05) is 42.5 Å². The fraction of sp³-hybridized carbons (Fsp3) is 0.0556. The molecule has 4 aromatic rings. The fourth-order valence-electron chi connectivity index (χ4n) is 2.49. The highest BCUT2D eigenvalue weighted by atomic mass is 15.1. The van der Waals surface area contributed by atoms with E-state index >= 15 is 0 Å². The number of anilines is 1. The maximum absolute atomic E-state index is 4.63. The average Bonchev–Trinajstić information content (AvgIpc) is 3.05. The number of fused-ring (bicyclic) bond motifs is 1. The summed E-state index contributed by atoms with van der Waals surface area (Å²) in [6.07, 6.45) is 5.24. The van der Waals surface area contributed by atoms with E-state index in [0.29, 0.717) is 6.54 Å². The zero-order chi connectivity index (χ0) is 15.5. The smallest absolute Gasteiger partial charge is 0.159 e. The van der Waals surface area contributed by atoms with Crippen molar-refractivity contribution in [2.24, 2.45) is 0 Å². The van der Waals surface area contributed by atoms with Gasteiger partial charge in [-0.15, -0.1) is 0 Å². The zero-order valence-corrected chi connectivity index (χ0v) is 12.4. The van der Waals surface area contributed by atoms with Crippen LogP contribution in [-0.2, 0) is 6.54 Å². The topological polar surface area (TPSA) is 55.6 Å². The Kier molecular flexibility index (Phi) is 3.44. The summed E-state index contributed by atoms with van der Waals surface area (Å²) in [5.74, 6) is 1.49. The highest BCUT2D eigenvalue weighted by Crippen LogP contribution is 2.17. The Morgan fingerprint density at radius 3 is 2.65 bits per heavy atom. The van der Waals surface area contributed by atoms with Crippen LogP contribution < -0.4 is 5.32 Å². The van der Waals surface area contributed by atoms with E-state index in [-0.39, 0.29) is 0 Å². The number of hydrogen-bond acceptors (Lipinski definition) is 4. The third kappa shape index (κ3) is 2.76. The second-order valence-electron chi connectivity index (χ2n) is 5.20.